The fourth-order valence-corrected chi connectivity index (χ4v) is 7.38. The Hall–Kier alpha value is -3.93. The topological polar surface area (TPSA) is 78.9 Å². The van der Waals surface area contributed by atoms with Crippen LogP contribution in [0.15, 0.2) is 109 Å². The Morgan fingerprint density at radius 3 is 0.971 bits per heavy atom. The molecular weight excluding hydrogens is 841 g/mol. The highest BCUT2D eigenvalue weighted by atomic mass is 16.6. The maximum atomic E-state index is 12.8. The molecule has 0 aromatic carbocycles. The van der Waals surface area contributed by atoms with Crippen molar-refractivity contribution in [3.8, 4) is 0 Å². The molecule has 0 bridgehead atoms. The third-order valence-corrected chi connectivity index (χ3v) is 11.5. The van der Waals surface area contributed by atoms with Crippen molar-refractivity contribution in [1.82, 2.24) is 0 Å². The predicted octanol–water partition coefficient (Wildman–Crippen LogP) is 18.7. The van der Waals surface area contributed by atoms with E-state index in [2.05, 4.69) is 118 Å². The summed E-state index contributed by atoms with van der Waals surface area (Å²) in [5.74, 6) is -1.02. The third kappa shape index (κ3) is 53.0. The first-order chi connectivity index (χ1) is 33.5. The lowest BCUT2D eigenvalue weighted by atomic mass is 10.1. The summed E-state index contributed by atoms with van der Waals surface area (Å²) in [7, 11) is 0. The summed E-state index contributed by atoms with van der Waals surface area (Å²) in [6, 6.07) is 0. The molecule has 0 rings (SSSR count). The van der Waals surface area contributed by atoms with Crippen molar-refractivity contribution in [3.63, 3.8) is 0 Å². The van der Waals surface area contributed by atoms with E-state index in [1.807, 2.05) is 12.2 Å². The van der Waals surface area contributed by atoms with E-state index in [4.69, 9.17) is 14.2 Å². The van der Waals surface area contributed by atoms with Crippen molar-refractivity contribution in [1.29, 1.82) is 0 Å². The summed E-state index contributed by atoms with van der Waals surface area (Å²) in [5.41, 5.74) is 0. The molecule has 1 unspecified atom stereocenters. The van der Waals surface area contributed by atoms with Gasteiger partial charge in [-0.05, 0) is 109 Å². The van der Waals surface area contributed by atoms with Crippen molar-refractivity contribution in [2.24, 2.45) is 0 Å². The van der Waals surface area contributed by atoms with Gasteiger partial charge in [0.15, 0.2) is 6.10 Å². The average Bonchev–Trinajstić information content (AvgIpc) is 3.34. The molecule has 0 aliphatic carbocycles. The van der Waals surface area contributed by atoms with Gasteiger partial charge in [-0.1, -0.05) is 226 Å². The SMILES string of the molecule is CC/C=C\C/C=C\C/C=C\C/C=C\C/C=C\CCC(=O)OC(COC(=O)CCCCCCC/C=C\CCCCCCCCCCC)COC(=O)CCCCCCCC/C=C\C/C=C\C/C=C\CC. The zero-order valence-corrected chi connectivity index (χ0v) is 44.1. The van der Waals surface area contributed by atoms with Gasteiger partial charge in [-0.15, -0.1) is 0 Å². The van der Waals surface area contributed by atoms with E-state index in [0.29, 0.717) is 19.3 Å². The lowest BCUT2D eigenvalue weighted by molar-refractivity contribution is -0.166. The summed E-state index contributed by atoms with van der Waals surface area (Å²) in [4.78, 5) is 38.1. The summed E-state index contributed by atoms with van der Waals surface area (Å²) in [6.07, 6.45) is 75.2. The molecule has 0 amide bonds. The number of allylic oxidation sites excluding steroid dienone is 18. The van der Waals surface area contributed by atoms with Gasteiger partial charge in [0.05, 0.1) is 0 Å². The molecule has 0 saturated carbocycles. The van der Waals surface area contributed by atoms with E-state index in [1.165, 1.54) is 83.5 Å². The van der Waals surface area contributed by atoms with Gasteiger partial charge in [-0.25, -0.2) is 0 Å². The Kier molecular flexibility index (Phi) is 52.4. The molecule has 6 heteroatoms. The normalized spacial score (nSPS) is 12.9. The number of rotatable bonds is 49. The van der Waals surface area contributed by atoms with Gasteiger partial charge in [0, 0.05) is 19.3 Å². The summed E-state index contributed by atoms with van der Waals surface area (Å²) < 4.78 is 16.8. The molecule has 0 spiro atoms. The molecule has 0 radical (unpaired) electrons. The number of carbonyl (C=O) groups excluding carboxylic acids is 3. The van der Waals surface area contributed by atoms with Crippen molar-refractivity contribution < 1.29 is 28.6 Å². The monoisotopic (exact) mass is 943 g/mol. The van der Waals surface area contributed by atoms with Crippen LogP contribution in [-0.2, 0) is 28.6 Å². The highest BCUT2D eigenvalue weighted by Gasteiger charge is 2.19. The number of carbonyl (C=O) groups is 3. The predicted molar refractivity (Wildman–Crippen MR) is 293 cm³/mol. The molecule has 0 fully saturated rings. The van der Waals surface area contributed by atoms with Crippen LogP contribution in [0, 0.1) is 0 Å². The highest BCUT2D eigenvalue weighted by molar-refractivity contribution is 5.71. The van der Waals surface area contributed by atoms with Crippen LogP contribution in [0.25, 0.3) is 0 Å². The number of unbranched alkanes of at least 4 members (excludes halogenated alkanes) is 20. The van der Waals surface area contributed by atoms with E-state index in [9.17, 15) is 14.4 Å². The van der Waals surface area contributed by atoms with E-state index in [0.717, 1.165) is 116 Å². The summed E-state index contributed by atoms with van der Waals surface area (Å²) >= 11 is 0. The highest BCUT2D eigenvalue weighted by Crippen LogP contribution is 2.14. The van der Waals surface area contributed by atoms with Crippen molar-refractivity contribution in [2.75, 3.05) is 13.2 Å². The van der Waals surface area contributed by atoms with Crippen LogP contribution in [0.5, 0.6) is 0 Å². The molecule has 6 nitrogen and oxygen atoms in total. The molecule has 1 atom stereocenters. The fraction of sp³-hybridized carbons (Fsp3) is 0.661. The van der Waals surface area contributed by atoms with Gasteiger partial charge in [-0.3, -0.25) is 14.4 Å². The maximum absolute atomic E-state index is 12.8. The first kappa shape index (κ1) is 64.1. The molecular formula is C62H102O6. The number of ether oxygens (including phenoxy) is 3. The molecule has 0 aliphatic rings. The largest absolute Gasteiger partial charge is 0.462 e. The summed E-state index contributed by atoms with van der Waals surface area (Å²) in [5, 5.41) is 0. The molecule has 0 N–H and O–H groups in total. The average molecular weight is 943 g/mol. The lowest BCUT2D eigenvalue weighted by Crippen LogP contribution is -2.30. The molecule has 0 aliphatic heterocycles. The van der Waals surface area contributed by atoms with Gasteiger partial charge in [0.25, 0.3) is 0 Å². The molecule has 0 aromatic heterocycles. The van der Waals surface area contributed by atoms with Crippen LogP contribution in [0.4, 0.5) is 0 Å². The molecule has 0 saturated heterocycles. The van der Waals surface area contributed by atoms with Crippen molar-refractivity contribution in [2.45, 2.75) is 252 Å². The zero-order chi connectivity index (χ0) is 49.3. The van der Waals surface area contributed by atoms with Gasteiger partial charge < -0.3 is 14.2 Å². The van der Waals surface area contributed by atoms with E-state index in [1.54, 1.807) is 0 Å². The summed E-state index contributed by atoms with van der Waals surface area (Å²) in [6.45, 7) is 6.33. The van der Waals surface area contributed by atoms with Crippen LogP contribution < -0.4 is 0 Å². The first-order valence-corrected chi connectivity index (χ1v) is 27.9. The van der Waals surface area contributed by atoms with Gasteiger partial charge in [0.2, 0.25) is 0 Å². The molecule has 0 heterocycles. The van der Waals surface area contributed by atoms with Crippen molar-refractivity contribution >= 4 is 17.9 Å². The Morgan fingerprint density at radius 1 is 0.309 bits per heavy atom. The van der Waals surface area contributed by atoms with Crippen LogP contribution >= 0.6 is 0 Å². The van der Waals surface area contributed by atoms with Crippen LogP contribution in [-0.4, -0.2) is 37.2 Å². The van der Waals surface area contributed by atoms with Gasteiger partial charge in [0.1, 0.15) is 13.2 Å². The molecule has 386 valence electrons. The number of hydrogen-bond acceptors (Lipinski definition) is 6. The quantitative estimate of drug-likeness (QED) is 0.0262. The smallest absolute Gasteiger partial charge is 0.306 e. The molecule has 68 heavy (non-hydrogen) atoms. The minimum absolute atomic E-state index is 0.118. The van der Waals surface area contributed by atoms with Crippen molar-refractivity contribution in [3.05, 3.63) is 109 Å². The second kappa shape index (κ2) is 55.7. The minimum Gasteiger partial charge on any atom is -0.462 e. The second-order valence-electron chi connectivity index (χ2n) is 18.1. The Bertz CT molecular complexity index is 1410. The minimum atomic E-state index is -0.829. The Labute approximate surface area is 419 Å². The van der Waals surface area contributed by atoms with Crippen LogP contribution in [0.1, 0.15) is 245 Å². The van der Waals surface area contributed by atoms with Gasteiger partial charge >= 0.3 is 17.9 Å². The lowest BCUT2D eigenvalue weighted by Gasteiger charge is -2.18. The second-order valence-corrected chi connectivity index (χ2v) is 18.1. The number of esters is 3. The maximum Gasteiger partial charge on any atom is 0.306 e. The zero-order valence-electron chi connectivity index (χ0n) is 44.1. The van der Waals surface area contributed by atoms with E-state index >= 15 is 0 Å². The van der Waals surface area contributed by atoms with E-state index in [-0.39, 0.29) is 31.6 Å². The third-order valence-electron chi connectivity index (χ3n) is 11.5. The van der Waals surface area contributed by atoms with E-state index < -0.39 is 12.1 Å². The Morgan fingerprint density at radius 2 is 0.603 bits per heavy atom. The standard InChI is InChI=1S/C62H102O6/c1-4-7-10-13-16-19-22-25-28-31-32-35-37-40-43-46-49-52-55-61(64)67-58-59(68-62(65)56-53-50-47-44-41-38-34-30-27-24-21-18-15-12-9-6-3)57-66-60(63)54-51-48-45-42-39-36-33-29-26-23-20-17-14-11-8-5-2/h8-9,11-12,17-18,20-21,26-27,29-30,32,35,38,41,47,50,59H,4-7,10,13-16,19,22-25,28,31,33-34,36-37,39-40,42-46,48-49,51-58H2,1-3H3/b11-8-,12-9-,20-17-,21-18-,29-26-,30-27-,35-32-,41-38-,50-47-. The number of hydrogen-bond donors (Lipinski definition) is 0. The van der Waals surface area contributed by atoms with Gasteiger partial charge in [-0.2, -0.15) is 0 Å². The van der Waals surface area contributed by atoms with Crippen LogP contribution in [0.2, 0.25) is 0 Å². The first-order valence-electron chi connectivity index (χ1n) is 27.9. The Balaban J connectivity index is 4.52. The molecule has 0 aromatic rings. The fourth-order valence-electron chi connectivity index (χ4n) is 7.38. The van der Waals surface area contributed by atoms with Crippen LogP contribution in [0.3, 0.4) is 0 Å².